The van der Waals surface area contributed by atoms with Gasteiger partial charge in [-0.05, 0) is 29.3 Å². The highest BCUT2D eigenvalue weighted by Gasteiger charge is 2.14. The molecule has 21 heavy (non-hydrogen) atoms. The van der Waals surface area contributed by atoms with Gasteiger partial charge in [-0.3, -0.25) is 4.79 Å². The van der Waals surface area contributed by atoms with Crippen LogP contribution in [0.5, 0.6) is 0 Å². The van der Waals surface area contributed by atoms with Crippen LogP contribution in [0.4, 0.5) is 5.69 Å². The maximum absolute atomic E-state index is 11.8. The second-order valence-electron chi connectivity index (χ2n) is 4.86. The molecule has 1 aromatic heterocycles. The van der Waals surface area contributed by atoms with Gasteiger partial charge in [0.2, 0.25) is 0 Å². The van der Waals surface area contributed by atoms with Crippen molar-refractivity contribution in [1.29, 1.82) is 0 Å². The van der Waals surface area contributed by atoms with Crippen molar-refractivity contribution in [2.24, 2.45) is 5.73 Å². The largest absolute Gasteiger partial charge is 0.477 e. The van der Waals surface area contributed by atoms with Gasteiger partial charge in [-0.25, -0.2) is 4.79 Å². The van der Waals surface area contributed by atoms with Crippen LogP contribution in [0, 0.1) is 0 Å². The molecule has 0 atom stereocenters. The number of carbonyl (C=O) groups is 1. The summed E-state index contributed by atoms with van der Waals surface area (Å²) in [6, 6.07) is 8.88. The van der Waals surface area contributed by atoms with E-state index in [1.165, 1.54) is 6.07 Å². The van der Waals surface area contributed by atoms with Crippen molar-refractivity contribution in [1.82, 2.24) is 4.98 Å². The molecule has 2 aromatic rings. The molecule has 0 fully saturated rings. The van der Waals surface area contributed by atoms with Crippen LogP contribution in [0.25, 0.3) is 11.3 Å². The number of carboxylic acids is 1. The van der Waals surface area contributed by atoms with Gasteiger partial charge in [0.25, 0.3) is 5.56 Å². The molecule has 0 bridgehead atoms. The van der Waals surface area contributed by atoms with Gasteiger partial charge in [0, 0.05) is 26.3 Å². The van der Waals surface area contributed by atoms with Crippen molar-refractivity contribution in [2.45, 2.75) is 6.54 Å². The molecular weight excluding hydrogens is 270 g/mol. The number of hydrogen-bond acceptors (Lipinski definition) is 4. The SMILES string of the molecule is CN(C)c1ccc(-c2[nH]c(=O)c(C(=O)O)cc2CN)cc1. The Kier molecular flexibility index (Phi) is 4.09. The number of aromatic amines is 1. The summed E-state index contributed by atoms with van der Waals surface area (Å²) >= 11 is 0. The monoisotopic (exact) mass is 287 g/mol. The van der Waals surface area contributed by atoms with Gasteiger partial charge in [0.05, 0.1) is 5.69 Å². The number of aromatic carboxylic acids is 1. The first-order valence-corrected chi connectivity index (χ1v) is 6.41. The predicted octanol–water partition coefficient (Wildman–Crippen LogP) is 1.26. The first-order valence-electron chi connectivity index (χ1n) is 6.41. The zero-order chi connectivity index (χ0) is 15.6. The Labute approximate surface area is 121 Å². The molecule has 0 aliphatic heterocycles. The Balaban J connectivity index is 2.55. The Bertz CT molecular complexity index is 718. The van der Waals surface area contributed by atoms with Crippen molar-refractivity contribution in [3.63, 3.8) is 0 Å². The molecule has 0 radical (unpaired) electrons. The molecule has 2 rings (SSSR count). The first kappa shape index (κ1) is 14.8. The van der Waals surface area contributed by atoms with E-state index in [9.17, 15) is 9.59 Å². The molecule has 110 valence electrons. The van der Waals surface area contributed by atoms with Crippen LogP contribution in [0.3, 0.4) is 0 Å². The van der Waals surface area contributed by atoms with E-state index in [1.807, 2.05) is 43.3 Å². The zero-order valence-corrected chi connectivity index (χ0v) is 11.9. The number of pyridine rings is 1. The summed E-state index contributed by atoms with van der Waals surface area (Å²) in [6.45, 7) is 0.141. The molecule has 0 spiro atoms. The topological polar surface area (TPSA) is 99.4 Å². The number of carboxylic acid groups (broad SMARTS) is 1. The minimum atomic E-state index is -1.26. The lowest BCUT2D eigenvalue weighted by atomic mass is 10.0. The minimum Gasteiger partial charge on any atom is -0.477 e. The highest BCUT2D eigenvalue weighted by Crippen LogP contribution is 2.23. The molecule has 0 saturated heterocycles. The maximum atomic E-state index is 11.8. The van der Waals surface area contributed by atoms with Gasteiger partial charge in [0.1, 0.15) is 5.56 Å². The molecule has 0 amide bonds. The molecule has 0 saturated carbocycles. The molecule has 6 nitrogen and oxygen atoms in total. The number of hydrogen-bond donors (Lipinski definition) is 3. The lowest BCUT2D eigenvalue weighted by molar-refractivity contribution is 0.0695. The van der Waals surface area contributed by atoms with Crippen LogP contribution in [-0.4, -0.2) is 30.2 Å². The summed E-state index contributed by atoms with van der Waals surface area (Å²) in [5.41, 5.74) is 7.68. The summed E-state index contributed by atoms with van der Waals surface area (Å²) in [7, 11) is 3.87. The van der Waals surface area contributed by atoms with Gasteiger partial charge in [0.15, 0.2) is 0 Å². The van der Waals surface area contributed by atoms with E-state index in [1.54, 1.807) is 0 Å². The lowest BCUT2D eigenvalue weighted by Crippen LogP contribution is -2.20. The van der Waals surface area contributed by atoms with Crippen LogP contribution in [0.2, 0.25) is 0 Å². The number of rotatable bonds is 4. The molecule has 6 heteroatoms. The van der Waals surface area contributed by atoms with Crippen molar-refractivity contribution < 1.29 is 9.90 Å². The molecule has 4 N–H and O–H groups in total. The Morgan fingerprint density at radius 2 is 1.90 bits per heavy atom. The highest BCUT2D eigenvalue weighted by atomic mass is 16.4. The Morgan fingerprint density at radius 1 is 1.29 bits per heavy atom. The van der Waals surface area contributed by atoms with Crippen LogP contribution in [-0.2, 0) is 6.54 Å². The quantitative estimate of drug-likeness (QED) is 0.786. The predicted molar refractivity (Wildman–Crippen MR) is 81.7 cm³/mol. The van der Waals surface area contributed by atoms with Gasteiger partial charge in [-0.1, -0.05) is 12.1 Å². The maximum Gasteiger partial charge on any atom is 0.341 e. The van der Waals surface area contributed by atoms with Crippen molar-refractivity contribution in [2.75, 3.05) is 19.0 Å². The van der Waals surface area contributed by atoms with Gasteiger partial charge < -0.3 is 20.7 Å². The second-order valence-corrected chi connectivity index (χ2v) is 4.86. The van der Waals surface area contributed by atoms with E-state index in [4.69, 9.17) is 10.8 Å². The third kappa shape index (κ3) is 2.95. The third-order valence-corrected chi connectivity index (χ3v) is 3.25. The van der Waals surface area contributed by atoms with Crippen molar-refractivity contribution >= 4 is 11.7 Å². The standard InChI is InChI=1S/C15H17N3O3/c1-18(2)11-5-3-9(4-6-11)13-10(8-16)7-12(15(20)21)14(19)17-13/h3-7H,8,16H2,1-2H3,(H,17,19)(H,20,21). The summed E-state index contributed by atoms with van der Waals surface area (Å²) < 4.78 is 0. The zero-order valence-electron chi connectivity index (χ0n) is 11.9. The number of aromatic nitrogens is 1. The Hall–Kier alpha value is -2.60. The normalized spacial score (nSPS) is 10.4. The number of benzene rings is 1. The van der Waals surface area contributed by atoms with Crippen LogP contribution in [0.15, 0.2) is 35.1 Å². The number of anilines is 1. The summed E-state index contributed by atoms with van der Waals surface area (Å²) in [6.07, 6.45) is 0. The average molecular weight is 287 g/mol. The van der Waals surface area contributed by atoms with E-state index in [-0.39, 0.29) is 12.1 Å². The van der Waals surface area contributed by atoms with Crippen LogP contribution in [0.1, 0.15) is 15.9 Å². The van der Waals surface area contributed by atoms with Gasteiger partial charge in [-0.2, -0.15) is 0 Å². The fourth-order valence-electron chi connectivity index (χ4n) is 2.08. The molecule has 1 heterocycles. The molecule has 0 unspecified atom stereocenters. The third-order valence-electron chi connectivity index (χ3n) is 3.25. The second kappa shape index (κ2) is 5.80. The van der Waals surface area contributed by atoms with E-state index in [0.717, 1.165) is 11.3 Å². The summed E-state index contributed by atoms with van der Waals surface area (Å²) in [5, 5.41) is 8.98. The number of nitrogens with one attached hydrogen (secondary N) is 1. The van der Waals surface area contributed by atoms with Crippen LogP contribution < -0.4 is 16.2 Å². The lowest BCUT2D eigenvalue weighted by Gasteiger charge is -2.14. The van der Waals surface area contributed by atoms with Crippen molar-refractivity contribution in [3.05, 3.63) is 51.8 Å². The smallest absolute Gasteiger partial charge is 0.341 e. The number of H-pyrrole nitrogens is 1. The van der Waals surface area contributed by atoms with Crippen molar-refractivity contribution in [3.8, 4) is 11.3 Å². The van der Waals surface area contributed by atoms with Gasteiger partial charge >= 0.3 is 5.97 Å². The summed E-state index contributed by atoms with van der Waals surface area (Å²) in [5.74, 6) is -1.26. The number of nitrogens with zero attached hydrogens (tertiary/aromatic N) is 1. The minimum absolute atomic E-state index is 0.141. The average Bonchev–Trinajstić information content (AvgIpc) is 2.46. The fourth-order valence-corrected chi connectivity index (χ4v) is 2.08. The van der Waals surface area contributed by atoms with Crippen LogP contribution >= 0.6 is 0 Å². The molecule has 0 aliphatic carbocycles. The summed E-state index contributed by atoms with van der Waals surface area (Å²) in [4.78, 5) is 27.4. The molecular formula is C15H17N3O3. The highest BCUT2D eigenvalue weighted by molar-refractivity contribution is 5.88. The molecule has 1 aromatic carbocycles. The van der Waals surface area contributed by atoms with E-state index >= 15 is 0 Å². The fraction of sp³-hybridized carbons (Fsp3) is 0.200. The first-order chi connectivity index (χ1) is 9.93. The van der Waals surface area contributed by atoms with Gasteiger partial charge in [-0.15, -0.1) is 0 Å². The van der Waals surface area contributed by atoms with E-state index in [0.29, 0.717) is 11.3 Å². The Morgan fingerprint density at radius 3 is 2.38 bits per heavy atom. The number of nitrogens with two attached hydrogens (primary N) is 1. The van der Waals surface area contributed by atoms with E-state index in [2.05, 4.69) is 4.98 Å². The molecule has 0 aliphatic rings. The van der Waals surface area contributed by atoms with E-state index < -0.39 is 11.5 Å².